The van der Waals surface area contributed by atoms with Crippen LogP contribution in [0.5, 0.6) is 0 Å². The number of carboxylic acid groups (broad SMARTS) is 1. The molecule has 0 aromatic heterocycles. The van der Waals surface area contributed by atoms with Gasteiger partial charge in [0.05, 0.1) is 0 Å². The Morgan fingerprint density at radius 3 is 2.52 bits per heavy atom. The molecule has 160 valence electrons. The molecule has 3 atom stereocenters. The quantitative estimate of drug-likeness (QED) is 0.544. The summed E-state index contributed by atoms with van der Waals surface area (Å²) < 4.78 is 37.7. The zero-order valence-corrected chi connectivity index (χ0v) is 16.6. The van der Waals surface area contributed by atoms with Crippen LogP contribution >= 0.6 is 0 Å². The van der Waals surface area contributed by atoms with E-state index in [1.54, 1.807) is 20.8 Å². The Labute approximate surface area is 167 Å². The average molecular weight is 413 g/mol. The molecule has 1 aliphatic heterocycles. The highest BCUT2D eigenvalue weighted by Gasteiger charge is 2.42. The first-order valence-electron chi connectivity index (χ1n) is 9.46. The lowest BCUT2D eigenvalue weighted by atomic mass is 9.96. The average Bonchev–Trinajstić information content (AvgIpc) is 3.09. The van der Waals surface area contributed by atoms with Crippen LogP contribution in [0.15, 0.2) is 18.2 Å². The first kappa shape index (κ1) is 22.6. The Morgan fingerprint density at radius 1 is 1.24 bits per heavy atom. The summed E-state index contributed by atoms with van der Waals surface area (Å²) in [6.45, 7) is 4.97. The fourth-order valence-electron chi connectivity index (χ4n) is 3.20. The van der Waals surface area contributed by atoms with Crippen molar-refractivity contribution in [2.24, 2.45) is 11.8 Å². The molecule has 1 N–H and O–H groups in total. The fourth-order valence-corrected chi connectivity index (χ4v) is 3.20. The highest BCUT2D eigenvalue weighted by atomic mass is 19.2. The number of rotatable bonds is 7. The number of hydrogen-bond donors (Lipinski definition) is 1. The number of carboxylic acids is 1. The summed E-state index contributed by atoms with van der Waals surface area (Å²) in [6, 6.07) is 2.63. The number of amides is 1. The van der Waals surface area contributed by atoms with Crippen molar-refractivity contribution in [1.29, 1.82) is 0 Å². The van der Waals surface area contributed by atoms with Crippen molar-refractivity contribution in [2.75, 3.05) is 6.54 Å². The summed E-state index contributed by atoms with van der Waals surface area (Å²) in [6.07, 6.45) is -1.83. The molecule has 0 spiro atoms. The third-order valence-electron chi connectivity index (χ3n) is 4.75. The largest absolute Gasteiger partial charge is 0.480 e. The van der Waals surface area contributed by atoms with Crippen LogP contribution in [0.2, 0.25) is 0 Å². The molecule has 1 fully saturated rings. The second-order valence-corrected chi connectivity index (χ2v) is 7.36. The summed E-state index contributed by atoms with van der Waals surface area (Å²) >= 11 is 0. The molecule has 0 bridgehead atoms. The molecule has 0 unspecified atom stereocenters. The van der Waals surface area contributed by atoms with Crippen LogP contribution in [-0.4, -0.2) is 46.9 Å². The Hall–Kier alpha value is -2.71. The van der Waals surface area contributed by atoms with E-state index in [0.717, 1.165) is 11.0 Å². The zero-order valence-electron chi connectivity index (χ0n) is 16.6. The minimum absolute atomic E-state index is 0.00169. The molecule has 7 nitrogen and oxygen atoms in total. The predicted octanol–water partition coefficient (Wildman–Crippen LogP) is 3.35. The molecule has 2 rings (SSSR count). The predicted molar refractivity (Wildman–Crippen MR) is 97.8 cm³/mol. The molecule has 0 radical (unpaired) electrons. The van der Waals surface area contributed by atoms with Gasteiger partial charge in [0.1, 0.15) is 6.04 Å². The summed E-state index contributed by atoms with van der Waals surface area (Å²) in [7, 11) is 0. The number of aliphatic carboxylic acids is 1. The normalized spacial score (nSPS) is 19.9. The van der Waals surface area contributed by atoms with Gasteiger partial charge < -0.3 is 14.6 Å². The summed E-state index contributed by atoms with van der Waals surface area (Å²) in [5, 5.41) is 9.47. The zero-order chi connectivity index (χ0) is 21.7. The van der Waals surface area contributed by atoms with Gasteiger partial charge in [0.15, 0.2) is 11.6 Å². The lowest BCUT2D eigenvalue weighted by Gasteiger charge is -2.26. The van der Waals surface area contributed by atoms with Gasteiger partial charge in [0.25, 0.3) is 6.29 Å². The monoisotopic (exact) mass is 413 g/mol. The maximum absolute atomic E-state index is 13.9. The number of nitrogens with zero attached hydrogens (tertiary/aromatic N) is 1. The van der Waals surface area contributed by atoms with E-state index in [1.165, 1.54) is 12.1 Å². The van der Waals surface area contributed by atoms with Gasteiger partial charge in [0.2, 0.25) is 0 Å². The minimum atomic E-state index is -1.23. The maximum Gasteiger partial charge on any atom is 0.413 e. The van der Waals surface area contributed by atoms with Crippen LogP contribution < -0.4 is 0 Å². The first-order valence-corrected chi connectivity index (χ1v) is 9.46. The molecule has 29 heavy (non-hydrogen) atoms. The smallest absolute Gasteiger partial charge is 0.413 e. The van der Waals surface area contributed by atoms with E-state index in [4.69, 9.17) is 9.47 Å². The van der Waals surface area contributed by atoms with Crippen LogP contribution in [0.4, 0.5) is 13.6 Å². The Bertz CT molecular complexity index is 769. The molecule has 1 saturated heterocycles. The molecule has 1 heterocycles. The van der Waals surface area contributed by atoms with Crippen molar-refractivity contribution in [2.45, 2.75) is 52.4 Å². The van der Waals surface area contributed by atoms with Gasteiger partial charge in [-0.2, -0.15) is 0 Å². The summed E-state index contributed by atoms with van der Waals surface area (Å²) in [4.78, 5) is 36.7. The van der Waals surface area contributed by atoms with E-state index in [0.29, 0.717) is 0 Å². The van der Waals surface area contributed by atoms with E-state index >= 15 is 0 Å². The van der Waals surface area contributed by atoms with Crippen molar-refractivity contribution in [1.82, 2.24) is 4.90 Å². The van der Waals surface area contributed by atoms with Gasteiger partial charge in [0, 0.05) is 18.9 Å². The number of esters is 1. The summed E-state index contributed by atoms with van der Waals surface area (Å²) in [5.41, 5.74) is 0.117. The third kappa shape index (κ3) is 5.65. The van der Waals surface area contributed by atoms with Crippen molar-refractivity contribution < 1.29 is 37.7 Å². The highest BCUT2D eigenvalue weighted by molar-refractivity contribution is 5.81. The summed E-state index contributed by atoms with van der Waals surface area (Å²) in [5.74, 6) is -4.47. The molecule has 0 saturated carbocycles. The van der Waals surface area contributed by atoms with Gasteiger partial charge in [-0.25, -0.2) is 18.4 Å². The van der Waals surface area contributed by atoms with Crippen LogP contribution in [-0.2, 0) is 25.5 Å². The Morgan fingerprint density at radius 2 is 1.93 bits per heavy atom. The second-order valence-electron chi connectivity index (χ2n) is 7.36. The van der Waals surface area contributed by atoms with E-state index in [9.17, 15) is 28.3 Å². The second kappa shape index (κ2) is 9.67. The SMILES string of the molecule is CCC(=O)O[C@H](OC(=O)N1C[C@@H](Cc2cccc(F)c2F)C[C@H]1C(=O)O)C(C)C. The third-order valence-corrected chi connectivity index (χ3v) is 4.75. The van der Waals surface area contributed by atoms with Crippen LogP contribution in [0.1, 0.15) is 39.2 Å². The number of carbonyl (C=O) groups excluding carboxylic acids is 2. The fraction of sp³-hybridized carbons (Fsp3) is 0.550. The van der Waals surface area contributed by atoms with Crippen LogP contribution in [0.25, 0.3) is 0 Å². The van der Waals surface area contributed by atoms with Gasteiger partial charge in [-0.15, -0.1) is 0 Å². The number of hydrogen-bond acceptors (Lipinski definition) is 5. The maximum atomic E-state index is 13.9. The minimum Gasteiger partial charge on any atom is -0.480 e. The van der Waals surface area contributed by atoms with Gasteiger partial charge >= 0.3 is 18.0 Å². The molecule has 1 aliphatic rings. The van der Waals surface area contributed by atoms with Crippen molar-refractivity contribution in [3.63, 3.8) is 0 Å². The van der Waals surface area contributed by atoms with Crippen LogP contribution in [0.3, 0.4) is 0 Å². The molecule has 1 aromatic carbocycles. The van der Waals surface area contributed by atoms with Crippen LogP contribution in [0, 0.1) is 23.5 Å². The molecular formula is C20H25F2NO6. The Balaban J connectivity index is 2.11. The van der Waals surface area contributed by atoms with E-state index in [1.807, 2.05) is 0 Å². The van der Waals surface area contributed by atoms with E-state index in [2.05, 4.69) is 0 Å². The van der Waals surface area contributed by atoms with Gasteiger partial charge in [-0.3, -0.25) is 9.69 Å². The molecule has 0 aliphatic carbocycles. The number of ether oxygens (including phenoxy) is 2. The van der Waals surface area contributed by atoms with E-state index in [-0.39, 0.29) is 37.3 Å². The van der Waals surface area contributed by atoms with Crippen molar-refractivity contribution in [3.05, 3.63) is 35.4 Å². The number of carbonyl (C=O) groups is 3. The van der Waals surface area contributed by atoms with Gasteiger partial charge in [-0.05, 0) is 30.4 Å². The lowest BCUT2D eigenvalue weighted by molar-refractivity contribution is -0.177. The van der Waals surface area contributed by atoms with Crippen molar-refractivity contribution in [3.8, 4) is 0 Å². The van der Waals surface area contributed by atoms with Gasteiger partial charge in [-0.1, -0.05) is 32.9 Å². The molecule has 9 heteroatoms. The Kier molecular flexibility index (Phi) is 7.53. The molecule has 1 amide bonds. The number of likely N-dealkylation sites (tertiary alicyclic amines) is 1. The van der Waals surface area contributed by atoms with E-state index < -0.39 is 47.9 Å². The number of halogens is 2. The molecular weight excluding hydrogens is 388 g/mol. The lowest BCUT2D eigenvalue weighted by Crippen LogP contribution is -2.43. The topological polar surface area (TPSA) is 93.1 Å². The standard InChI is InChI=1S/C20H25F2NO6/c1-4-16(24)28-19(11(2)3)29-20(27)23-10-12(9-15(23)18(25)26)8-13-6-5-7-14(21)17(13)22/h5-7,11-12,15,19H,4,8-10H2,1-3H3,(H,25,26)/t12-,15-,19+/m0/s1. The van der Waals surface area contributed by atoms with Crippen molar-refractivity contribution >= 4 is 18.0 Å². The first-order chi connectivity index (χ1) is 13.6. The highest BCUT2D eigenvalue weighted by Crippen LogP contribution is 2.29. The molecule has 1 aromatic rings. The number of benzene rings is 1.